The van der Waals surface area contributed by atoms with E-state index in [4.69, 9.17) is 14.0 Å². The van der Waals surface area contributed by atoms with Crippen LogP contribution in [-0.2, 0) is 14.0 Å². The molecule has 1 aliphatic heterocycles. The van der Waals surface area contributed by atoms with E-state index in [1.165, 1.54) is 22.3 Å². The van der Waals surface area contributed by atoms with Crippen LogP contribution in [0, 0.1) is 0 Å². The Labute approximate surface area is 248 Å². The minimum atomic E-state index is -0.607. The maximum absolute atomic E-state index is 13.0. The Morgan fingerprint density at radius 2 is 1.36 bits per heavy atom. The van der Waals surface area contributed by atoms with Crippen LogP contribution in [0.1, 0.15) is 50.3 Å². The molecule has 1 saturated heterocycles. The average molecular weight is 557 g/mol. The lowest BCUT2D eigenvalue weighted by molar-refractivity contribution is 0.00578. The Morgan fingerprint density at radius 1 is 0.786 bits per heavy atom. The Morgan fingerprint density at radius 3 is 2.00 bits per heavy atom. The van der Waals surface area contributed by atoms with E-state index in [9.17, 15) is 4.79 Å². The van der Waals surface area contributed by atoms with Gasteiger partial charge in [0.15, 0.2) is 0 Å². The molecule has 6 rings (SSSR count). The Kier molecular flexibility index (Phi) is 7.52. The van der Waals surface area contributed by atoms with E-state index in [2.05, 4.69) is 53.8 Å². The summed E-state index contributed by atoms with van der Waals surface area (Å²) in [6.45, 7) is 8.59. The van der Waals surface area contributed by atoms with Crippen LogP contribution >= 0.6 is 0 Å². The summed E-state index contributed by atoms with van der Waals surface area (Å²) in [5.41, 5.74) is 7.81. The highest BCUT2D eigenvalue weighted by molar-refractivity contribution is 6.56. The van der Waals surface area contributed by atoms with Gasteiger partial charge >= 0.3 is 13.2 Å². The van der Waals surface area contributed by atoms with E-state index in [0.29, 0.717) is 0 Å². The van der Waals surface area contributed by atoms with Crippen LogP contribution in [0.4, 0.5) is 4.79 Å². The molecule has 212 valence electrons. The van der Waals surface area contributed by atoms with Crippen molar-refractivity contribution in [1.82, 2.24) is 5.32 Å². The summed E-state index contributed by atoms with van der Waals surface area (Å²) in [6.07, 6.45) is 1.57. The third kappa shape index (κ3) is 5.52. The van der Waals surface area contributed by atoms with Gasteiger partial charge in [-0.3, -0.25) is 0 Å². The van der Waals surface area contributed by atoms with Crippen LogP contribution < -0.4 is 5.32 Å². The van der Waals surface area contributed by atoms with Crippen LogP contribution in [-0.4, -0.2) is 37.6 Å². The molecule has 1 heterocycles. The number of hydrogen-bond acceptors (Lipinski definition) is 4. The molecule has 0 saturated carbocycles. The lowest BCUT2D eigenvalue weighted by Crippen LogP contribution is -2.41. The van der Waals surface area contributed by atoms with Crippen LogP contribution in [0.5, 0.6) is 0 Å². The fraction of sp³-hybridized carbons (Fsp3) is 0.250. The van der Waals surface area contributed by atoms with Crippen molar-refractivity contribution in [1.29, 1.82) is 0 Å². The zero-order valence-corrected chi connectivity index (χ0v) is 24.6. The smallest absolute Gasteiger partial charge is 0.449 e. The summed E-state index contributed by atoms with van der Waals surface area (Å²) in [7, 11) is -0.607. The second kappa shape index (κ2) is 11.3. The number of amides is 1. The second-order valence-electron chi connectivity index (χ2n) is 12.0. The van der Waals surface area contributed by atoms with Crippen LogP contribution in [0.25, 0.3) is 28.3 Å². The maximum Gasteiger partial charge on any atom is 0.492 e. The van der Waals surface area contributed by atoms with Crippen molar-refractivity contribution in [2.45, 2.75) is 44.8 Å². The van der Waals surface area contributed by atoms with Crippen molar-refractivity contribution >= 4 is 19.3 Å². The van der Waals surface area contributed by atoms with Gasteiger partial charge < -0.3 is 19.4 Å². The number of carbonyl (C=O) groups is 1. The minimum Gasteiger partial charge on any atom is -0.449 e. The molecule has 1 amide bonds. The molecule has 4 aromatic rings. The SMILES string of the molecule is CC1(C)OB(C(=Cc2cccc(-c3ccccc3)c2)CNC(=O)OCC2c3ccccc3-c3ccccc32)OC1(C)C. The topological polar surface area (TPSA) is 56.8 Å². The van der Waals surface area contributed by atoms with Gasteiger partial charge in [0.05, 0.1) is 11.2 Å². The van der Waals surface area contributed by atoms with Gasteiger partial charge in [-0.1, -0.05) is 103 Å². The van der Waals surface area contributed by atoms with Gasteiger partial charge in [-0.2, -0.15) is 0 Å². The number of benzene rings is 4. The molecule has 0 atom stereocenters. The Bertz CT molecular complexity index is 1570. The summed E-state index contributed by atoms with van der Waals surface area (Å²) < 4.78 is 18.6. The first-order chi connectivity index (χ1) is 20.2. The summed E-state index contributed by atoms with van der Waals surface area (Å²) in [4.78, 5) is 13.0. The Balaban J connectivity index is 1.19. The second-order valence-corrected chi connectivity index (χ2v) is 12.0. The Hall–Kier alpha value is -4.13. The van der Waals surface area contributed by atoms with Crippen molar-refractivity contribution in [3.8, 4) is 22.3 Å². The molecular weight excluding hydrogens is 521 g/mol. The van der Waals surface area contributed by atoms with Gasteiger partial charge in [-0.05, 0) is 78.2 Å². The number of rotatable bonds is 7. The highest BCUT2D eigenvalue weighted by Crippen LogP contribution is 2.44. The van der Waals surface area contributed by atoms with Crippen LogP contribution in [0.2, 0.25) is 0 Å². The molecule has 6 heteroatoms. The minimum absolute atomic E-state index is 0.00184. The molecular formula is C36H36BNO4. The van der Waals surface area contributed by atoms with E-state index >= 15 is 0 Å². The van der Waals surface area contributed by atoms with Crippen molar-refractivity contribution in [3.05, 3.63) is 125 Å². The van der Waals surface area contributed by atoms with Crippen molar-refractivity contribution in [2.75, 3.05) is 13.2 Å². The number of nitrogens with one attached hydrogen (secondary N) is 1. The largest absolute Gasteiger partial charge is 0.492 e. The first-order valence-corrected chi connectivity index (χ1v) is 14.5. The molecule has 1 fully saturated rings. The fourth-order valence-electron chi connectivity index (χ4n) is 5.67. The molecule has 1 N–H and O–H groups in total. The number of hydrogen-bond donors (Lipinski definition) is 1. The fourth-order valence-corrected chi connectivity index (χ4v) is 5.67. The predicted molar refractivity (Wildman–Crippen MR) is 169 cm³/mol. The summed E-state index contributed by atoms with van der Waals surface area (Å²) in [6, 6.07) is 35.2. The zero-order chi connectivity index (χ0) is 29.3. The average Bonchev–Trinajstić information content (AvgIpc) is 3.43. The predicted octanol–water partition coefficient (Wildman–Crippen LogP) is 7.91. The van der Waals surface area contributed by atoms with Gasteiger partial charge in [0.1, 0.15) is 6.61 Å². The van der Waals surface area contributed by atoms with Crippen LogP contribution in [0.15, 0.2) is 109 Å². The molecule has 0 unspecified atom stereocenters. The van der Waals surface area contributed by atoms with Gasteiger partial charge in [0.2, 0.25) is 0 Å². The third-order valence-corrected chi connectivity index (χ3v) is 8.68. The lowest BCUT2D eigenvalue weighted by Gasteiger charge is -2.32. The standard InChI is InChI=1S/C36H36BNO4/c1-35(2)36(3,4)42-37(41-35)28(22-25-13-12-16-27(21-25)26-14-6-5-7-15-26)23-38-34(39)40-24-33-31-19-10-8-17-29(31)30-18-9-11-20-32(30)33/h5-22,33H,23-24H2,1-4H3,(H,38,39). The summed E-state index contributed by atoms with van der Waals surface area (Å²) in [5.74, 6) is 0.00184. The van der Waals surface area contributed by atoms with E-state index in [-0.39, 0.29) is 19.1 Å². The van der Waals surface area contributed by atoms with E-state index in [1.54, 1.807) is 0 Å². The van der Waals surface area contributed by atoms with Crippen molar-refractivity contribution in [3.63, 3.8) is 0 Å². The first kappa shape index (κ1) is 28.0. The molecule has 0 bridgehead atoms. The summed E-state index contributed by atoms with van der Waals surface area (Å²) >= 11 is 0. The van der Waals surface area contributed by atoms with E-state index in [0.717, 1.165) is 22.2 Å². The van der Waals surface area contributed by atoms with Crippen molar-refractivity contribution in [2.24, 2.45) is 0 Å². The van der Waals surface area contributed by atoms with Gasteiger partial charge in [0, 0.05) is 12.5 Å². The zero-order valence-electron chi connectivity index (χ0n) is 24.6. The van der Waals surface area contributed by atoms with Gasteiger partial charge in [-0.15, -0.1) is 0 Å². The molecule has 1 aliphatic carbocycles. The quantitative estimate of drug-likeness (QED) is 0.235. The van der Waals surface area contributed by atoms with E-state index in [1.807, 2.05) is 88.4 Å². The third-order valence-electron chi connectivity index (χ3n) is 8.68. The lowest BCUT2D eigenvalue weighted by atomic mass is 9.77. The molecule has 0 radical (unpaired) electrons. The molecule has 2 aliphatic rings. The van der Waals surface area contributed by atoms with Gasteiger partial charge in [0.25, 0.3) is 0 Å². The van der Waals surface area contributed by atoms with Crippen LogP contribution in [0.3, 0.4) is 0 Å². The molecule has 0 aromatic heterocycles. The molecule has 0 spiro atoms. The van der Waals surface area contributed by atoms with Gasteiger partial charge in [-0.25, -0.2) is 4.79 Å². The maximum atomic E-state index is 13.0. The molecule has 42 heavy (non-hydrogen) atoms. The highest BCUT2D eigenvalue weighted by Gasteiger charge is 2.52. The first-order valence-electron chi connectivity index (χ1n) is 14.5. The monoisotopic (exact) mass is 557 g/mol. The number of carbonyl (C=O) groups excluding carboxylic acids is 1. The number of fused-ring (bicyclic) bond motifs is 3. The molecule has 5 nitrogen and oxygen atoms in total. The number of ether oxygens (including phenoxy) is 1. The summed E-state index contributed by atoms with van der Waals surface area (Å²) in [5, 5.41) is 2.96. The number of alkyl carbamates (subject to hydrolysis) is 1. The van der Waals surface area contributed by atoms with E-state index < -0.39 is 24.4 Å². The van der Waals surface area contributed by atoms with Crippen molar-refractivity contribution < 1.29 is 18.8 Å². The molecule has 4 aromatic carbocycles. The highest BCUT2D eigenvalue weighted by atomic mass is 16.7. The normalized spacial score (nSPS) is 17.0.